The fraction of sp³-hybridized carbons (Fsp3) is 0.571. The average Bonchev–Trinajstić information content (AvgIpc) is 3.06. The van der Waals surface area contributed by atoms with Gasteiger partial charge in [0.2, 0.25) is 6.79 Å². The average molecular weight is 248 g/mol. The van der Waals surface area contributed by atoms with Gasteiger partial charge in [-0.1, -0.05) is 13.0 Å². The van der Waals surface area contributed by atoms with E-state index in [4.69, 9.17) is 9.47 Å². The molecular formula is C14H20N2O2. The molecule has 2 aliphatic rings. The molecule has 0 bridgehead atoms. The van der Waals surface area contributed by atoms with E-state index in [1.54, 1.807) is 0 Å². The molecule has 0 aliphatic carbocycles. The first-order valence-corrected chi connectivity index (χ1v) is 6.75. The second-order valence-corrected chi connectivity index (χ2v) is 4.83. The Morgan fingerprint density at radius 3 is 2.72 bits per heavy atom. The second kappa shape index (κ2) is 5.16. The first-order valence-electron chi connectivity index (χ1n) is 6.75. The molecule has 98 valence electrons. The van der Waals surface area contributed by atoms with Gasteiger partial charge in [-0.2, -0.15) is 0 Å². The number of hydrogen-bond donors (Lipinski definition) is 0. The fourth-order valence-corrected chi connectivity index (χ4v) is 2.65. The van der Waals surface area contributed by atoms with Crippen LogP contribution >= 0.6 is 0 Å². The van der Waals surface area contributed by atoms with Gasteiger partial charge in [-0.25, -0.2) is 10.0 Å². The van der Waals surface area contributed by atoms with Gasteiger partial charge in [-0.05, 0) is 30.5 Å². The lowest BCUT2D eigenvalue weighted by atomic mass is 10.2. The predicted octanol–water partition coefficient (Wildman–Crippen LogP) is 2.25. The third-order valence-electron chi connectivity index (χ3n) is 3.65. The molecule has 0 saturated carbocycles. The van der Waals surface area contributed by atoms with E-state index in [2.05, 4.69) is 29.1 Å². The Labute approximate surface area is 108 Å². The van der Waals surface area contributed by atoms with Crippen molar-refractivity contribution in [2.45, 2.75) is 26.3 Å². The molecule has 1 aromatic carbocycles. The molecule has 4 heteroatoms. The summed E-state index contributed by atoms with van der Waals surface area (Å²) in [4.78, 5) is 0. The van der Waals surface area contributed by atoms with E-state index in [9.17, 15) is 0 Å². The molecule has 4 nitrogen and oxygen atoms in total. The molecule has 1 fully saturated rings. The van der Waals surface area contributed by atoms with E-state index < -0.39 is 0 Å². The van der Waals surface area contributed by atoms with Gasteiger partial charge in [0.25, 0.3) is 0 Å². The van der Waals surface area contributed by atoms with Crippen LogP contribution < -0.4 is 9.47 Å². The van der Waals surface area contributed by atoms with Crippen LogP contribution in [0.3, 0.4) is 0 Å². The number of nitrogens with zero attached hydrogens (tertiary/aromatic N) is 2. The summed E-state index contributed by atoms with van der Waals surface area (Å²) in [5.41, 5.74) is 1.29. The lowest BCUT2D eigenvalue weighted by Gasteiger charge is -2.30. The third kappa shape index (κ3) is 2.31. The number of rotatable bonds is 4. The highest BCUT2D eigenvalue weighted by molar-refractivity contribution is 5.44. The Morgan fingerprint density at radius 1 is 1.17 bits per heavy atom. The SMILES string of the molecule is CCN(Cc1ccc2c(c1)OCO2)N1CCCC1. The van der Waals surface area contributed by atoms with Crippen LogP contribution in [0.15, 0.2) is 18.2 Å². The van der Waals surface area contributed by atoms with Gasteiger partial charge in [0, 0.05) is 26.2 Å². The molecule has 0 atom stereocenters. The van der Waals surface area contributed by atoms with E-state index in [1.807, 2.05) is 6.07 Å². The Kier molecular flexibility index (Phi) is 3.39. The van der Waals surface area contributed by atoms with Gasteiger partial charge in [0.15, 0.2) is 11.5 Å². The number of benzene rings is 1. The molecule has 2 aliphatic heterocycles. The van der Waals surface area contributed by atoms with Crippen LogP contribution in [-0.2, 0) is 6.54 Å². The number of fused-ring (bicyclic) bond motifs is 1. The predicted molar refractivity (Wildman–Crippen MR) is 69.5 cm³/mol. The van der Waals surface area contributed by atoms with Crippen molar-refractivity contribution >= 4 is 0 Å². The maximum Gasteiger partial charge on any atom is 0.231 e. The zero-order valence-corrected chi connectivity index (χ0v) is 10.9. The summed E-state index contributed by atoms with van der Waals surface area (Å²) in [5.74, 6) is 1.74. The summed E-state index contributed by atoms with van der Waals surface area (Å²) < 4.78 is 10.8. The molecule has 0 amide bonds. The van der Waals surface area contributed by atoms with Crippen LogP contribution in [0.5, 0.6) is 11.5 Å². The van der Waals surface area contributed by atoms with Crippen molar-refractivity contribution in [3.63, 3.8) is 0 Å². The first-order chi connectivity index (χ1) is 8.86. The van der Waals surface area contributed by atoms with Gasteiger partial charge in [-0.15, -0.1) is 0 Å². The zero-order valence-electron chi connectivity index (χ0n) is 10.9. The molecular weight excluding hydrogens is 228 g/mol. The Bertz CT molecular complexity index is 416. The zero-order chi connectivity index (χ0) is 12.4. The van der Waals surface area contributed by atoms with Gasteiger partial charge in [0.05, 0.1) is 0 Å². The van der Waals surface area contributed by atoms with Crippen LogP contribution in [0.1, 0.15) is 25.3 Å². The van der Waals surface area contributed by atoms with E-state index in [-0.39, 0.29) is 0 Å². The molecule has 1 saturated heterocycles. The minimum absolute atomic E-state index is 0.350. The van der Waals surface area contributed by atoms with Crippen molar-refractivity contribution in [2.24, 2.45) is 0 Å². The first kappa shape index (κ1) is 11.8. The van der Waals surface area contributed by atoms with Crippen molar-refractivity contribution < 1.29 is 9.47 Å². The fourth-order valence-electron chi connectivity index (χ4n) is 2.65. The minimum atomic E-state index is 0.350. The summed E-state index contributed by atoms with van der Waals surface area (Å²) >= 11 is 0. The summed E-state index contributed by atoms with van der Waals surface area (Å²) in [6.07, 6.45) is 2.63. The van der Waals surface area contributed by atoms with Crippen molar-refractivity contribution in [3.8, 4) is 11.5 Å². The highest BCUT2D eigenvalue weighted by Gasteiger charge is 2.19. The highest BCUT2D eigenvalue weighted by atomic mass is 16.7. The molecule has 2 heterocycles. The van der Waals surface area contributed by atoms with Crippen LogP contribution in [0, 0.1) is 0 Å². The number of hydrazine groups is 1. The largest absolute Gasteiger partial charge is 0.454 e. The molecule has 0 spiro atoms. The van der Waals surface area contributed by atoms with Crippen molar-refractivity contribution in [2.75, 3.05) is 26.4 Å². The maximum absolute atomic E-state index is 5.43. The smallest absolute Gasteiger partial charge is 0.231 e. The monoisotopic (exact) mass is 248 g/mol. The Hall–Kier alpha value is -1.26. The van der Waals surface area contributed by atoms with E-state index in [1.165, 1.54) is 31.5 Å². The van der Waals surface area contributed by atoms with E-state index in [0.717, 1.165) is 24.6 Å². The molecule has 18 heavy (non-hydrogen) atoms. The standard InChI is InChI=1S/C14H20N2O2/c1-2-15(16-7-3-4-8-16)10-12-5-6-13-14(9-12)18-11-17-13/h5-6,9H,2-4,7-8,10-11H2,1H3. The van der Waals surface area contributed by atoms with Crippen LogP contribution in [0.4, 0.5) is 0 Å². The number of ether oxygens (including phenoxy) is 2. The molecule has 3 rings (SSSR count). The summed E-state index contributed by atoms with van der Waals surface area (Å²) in [6, 6.07) is 6.24. The van der Waals surface area contributed by atoms with Crippen LogP contribution in [0.2, 0.25) is 0 Å². The molecule has 0 unspecified atom stereocenters. The van der Waals surface area contributed by atoms with Crippen molar-refractivity contribution in [1.82, 2.24) is 10.0 Å². The van der Waals surface area contributed by atoms with Crippen LogP contribution in [0.25, 0.3) is 0 Å². The minimum Gasteiger partial charge on any atom is -0.454 e. The molecule has 0 radical (unpaired) electrons. The molecule has 1 aromatic rings. The second-order valence-electron chi connectivity index (χ2n) is 4.83. The maximum atomic E-state index is 5.43. The summed E-state index contributed by atoms with van der Waals surface area (Å²) in [6.45, 7) is 6.95. The van der Waals surface area contributed by atoms with Gasteiger partial charge in [0.1, 0.15) is 0 Å². The topological polar surface area (TPSA) is 24.9 Å². The highest BCUT2D eigenvalue weighted by Crippen LogP contribution is 2.33. The Morgan fingerprint density at radius 2 is 1.94 bits per heavy atom. The number of hydrogen-bond acceptors (Lipinski definition) is 4. The molecule has 0 aromatic heterocycles. The summed E-state index contributed by atoms with van der Waals surface area (Å²) in [5, 5.41) is 4.88. The molecule has 0 N–H and O–H groups in total. The van der Waals surface area contributed by atoms with Crippen LogP contribution in [-0.4, -0.2) is 36.4 Å². The van der Waals surface area contributed by atoms with Gasteiger partial charge >= 0.3 is 0 Å². The lowest BCUT2D eigenvalue weighted by molar-refractivity contribution is -0.00647. The van der Waals surface area contributed by atoms with E-state index >= 15 is 0 Å². The van der Waals surface area contributed by atoms with E-state index in [0.29, 0.717) is 6.79 Å². The van der Waals surface area contributed by atoms with Gasteiger partial charge < -0.3 is 9.47 Å². The third-order valence-corrected chi connectivity index (χ3v) is 3.65. The normalized spacial score (nSPS) is 18.8. The van der Waals surface area contributed by atoms with Crippen molar-refractivity contribution in [3.05, 3.63) is 23.8 Å². The lowest BCUT2D eigenvalue weighted by Crippen LogP contribution is -2.39. The van der Waals surface area contributed by atoms with Gasteiger partial charge in [-0.3, -0.25) is 0 Å². The Balaban J connectivity index is 1.70. The summed E-state index contributed by atoms with van der Waals surface area (Å²) in [7, 11) is 0. The van der Waals surface area contributed by atoms with Crippen molar-refractivity contribution in [1.29, 1.82) is 0 Å². The quantitative estimate of drug-likeness (QED) is 0.816.